The summed E-state index contributed by atoms with van der Waals surface area (Å²) in [6, 6.07) is 8.37. The van der Waals surface area contributed by atoms with Gasteiger partial charge in [0.1, 0.15) is 0 Å². The number of hydrogen-bond acceptors (Lipinski definition) is 2. The fourth-order valence-electron chi connectivity index (χ4n) is 2.86. The van der Waals surface area contributed by atoms with Gasteiger partial charge in [-0.1, -0.05) is 24.3 Å². The standard InChI is InChI=1S/C13H14O2/c1-2-15-12(14)13-7-9-5-3-4-6-10(9)11(13)8-13/h3-6,11H,2,7-8H2,1H3/t11-,13+/m0/s1. The van der Waals surface area contributed by atoms with Crippen LogP contribution in [0.1, 0.15) is 30.4 Å². The van der Waals surface area contributed by atoms with Crippen LogP contribution in [0.4, 0.5) is 0 Å². The lowest BCUT2D eigenvalue weighted by molar-refractivity contribution is -0.149. The van der Waals surface area contributed by atoms with Crippen molar-refractivity contribution in [1.82, 2.24) is 0 Å². The summed E-state index contributed by atoms with van der Waals surface area (Å²) < 4.78 is 5.16. The molecule has 0 unspecified atom stereocenters. The molecule has 0 radical (unpaired) electrons. The monoisotopic (exact) mass is 202 g/mol. The summed E-state index contributed by atoms with van der Waals surface area (Å²) in [7, 11) is 0. The summed E-state index contributed by atoms with van der Waals surface area (Å²) in [6.45, 7) is 2.36. The first-order valence-corrected chi connectivity index (χ1v) is 5.53. The summed E-state index contributed by atoms with van der Waals surface area (Å²) in [5.41, 5.74) is 2.52. The second-order valence-corrected chi connectivity index (χ2v) is 4.51. The van der Waals surface area contributed by atoms with Crippen molar-refractivity contribution in [2.75, 3.05) is 6.61 Å². The lowest BCUT2D eigenvalue weighted by Gasteiger charge is -2.10. The van der Waals surface area contributed by atoms with Crippen molar-refractivity contribution in [3.05, 3.63) is 35.4 Å². The van der Waals surface area contributed by atoms with Crippen LogP contribution in [0.5, 0.6) is 0 Å². The number of rotatable bonds is 2. The van der Waals surface area contributed by atoms with Crippen LogP contribution in [-0.2, 0) is 16.0 Å². The Kier molecular flexibility index (Phi) is 1.70. The van der Waals surface area contributed by atoms with Gasteiger partial charge in [-0.25, -0.2) is 0 Å². The largest absolute Gasteiger partial charge is 0.466 e. The molecule has 15 heavy (non-hydrogen) atoms. The molecule has 2 nitrogen and oxygen atoms in total. The van der Waals surface area contributed by atoms with E-state index >= 15 is 0 Å². The Morgan fingerprint density at radius 3 is 3.07 bits per heavy atom. The van der Waals surface area contributed by atoms with Crippen LogP contribution < -0.4 is 0 Å². The van der Waals surface area contributed by atoms with Crippen molar-refractivity contribution in [1.29, 1.82) is 0 Å². The maximum atomic E-state index is 11.9. The molecule has 2 atom stereocenters. The number of esters is 1. The van der Waals surface area contributed by atoms with Crippen LogP contribution in [0.3, 0.4) is 0 Å². The van der Waals surface area contributed by atoms with Gasteiger partial charge in [0.25, 0.3) is 0 Å². The van der Waals surface area contributed by atoms with E-state index in [0.29, 0.717) is 12.5 Å². The maximum absolute atomic E-state index is 11.9. The van der Waals surface area contributed by atoms with Gasteiger partial charge in [0.15, 0.2) is 0 Å². The number of hydrogen-bond donors (Lipinski definition) is 0. The van der Waals surface area contributed by atoms with Gasteiger partial charge in [0, 0.05) is 5.92 Å². The first-order chi connectivity index (χ1) is 7.28. The van der Waals surface area contributed by atoms with E-state index in [1.165, 1.54) is 11.1 Å². The fraction of sp³-hybridized carbons (Fsp3) is 0.462. The zero-order valence-corrected chi connectivity index (χ0v) is 8.82. The molecule has 1 saturated carbocycles. The molecule has 1 aromatic rings. The van der Waals surface area contributed by atoms with Crippen LogP contribution in [0.2, 0.25) is 0 Å². The highest BCUT2D eigenvalue weighted by atomic mass is 16.5. The van der Waals surface area contributed by atoms with Crippen molar-refractivity contribution in [3.8, 4) is 0 Å². The molecule has 0 aromatic heterocycles. The van der Waals surface area contributed by atoms with Gasteiger partial charge in [-0.15, -0.1) is 0 Å². The Morgan fingerprint density at radius 1 is 1.53 bits per heavy atom. The van der Waals surface area contributed by atoms with Crippen molar-refractivity contribution < 1.29 is 9.53 Å². The van der Waals surface area contributed by atoms with E-state index in [2.05, 4.69) is 18.2 Å². The SMILES string of the molecule is CCOC(=O)[C@@]12Cc3ccccc3[C@@H]1C2. The molecule has 1 fully saturated rings. The topological polar surface area (TPSA) is 26.3 Å². The van der Waals surface area contributed by atoms with Crippen LogP contribution in [-0.4, -0.2) is 12.6 Å². The Hall–Kier alpha value is -1.31. The highest BCUT2D eigenvalue weighted by Gasteiger charge is 2.65. The average Bonchev–Trinajstić information content (AvgIpc) is 2.88. The average molecular weight is 202 g/mol. The Bertz CT molecular complexity index is 424. The highest BCUT2D eigenvalue weighted by molar-refractivity contribution is 5.84. The van der Waals surface area contributed by atoms with Crippen molar-refractivity contribution in [2.45, 2.75) is 25.7 Å². The van der Waals surface area contributed by atoms with Gasteiger partial charge in [-0.2, -0.15) is 0 Å². The van der Waals surface area contributed by atoms with E-state index in [0.717, 1.165) is 12.8 Å². The quantitative estimate of drug-likeness (QED) is 0.688. The van der Waals surface area contributed by atoms with E-state index in [1.807, 2.05) is 13.0 Å². The van der Waals surface area contributed by atoms with Crippen molar-refractivity contribution in [3.63, 3.8) is 0 Å². The Balaban J connectivity index is 1.90. The van der Waals surface area contributed by atoms with E-state index in [-0.39, 0.29) is 11.4 Å². The normalized spacial score (nSPS) is 30.6. The summed E-state index contributed by atoms with van der Waals surface area (Å²) in [4.78, 5) is 11.9. The zero-order valence-electron chi connectivity index (χ0n) is 8.82. The van der Waals surface area contributed by atoms with Crippen molar-refractivity contribution >= 4 is 5.97 Å². The number of benzene rings is 1. The first-order valence-electron chi connectivity index (χ1n) is 5.53. The molecule has 0 amide bonds. The third kappa shape index (κ3) is 1.08. The molecule has 0 spiro atoms. The third-order valence-corrected chi connectivity index (χ3v) is 3.69. The number of ether oxygens (including phenoxy) is 1. The lowest BCUT2D eigenvalue weighted by atomic mass is 10.0. The van der Waals surface area contributed by atoms with E-state index in [1.54, 1.807) is 0 Å². The molecule has 3 rings (SSSR count). The van der Waals surface area contributed by atoms with E-state index in [9.17, 15) is 4.79 Å². The minimum absolute atomic E-state index is 0.00574. The Labute approximate surface area is 89.2 Å². The van der Waals surface area contributed by atoms with E-state index < -0.39 is 0 Å². The molecule has 0 N–H and O–H groups in total. The van der Waals surface area contributed by atoms with Gasteiger partial charge >= 0.3 is 5.97 Å². The van der Waals surface area contributed by atoms with Crippen LogP contribution in [0, 0.1) is 5.41 Å². The molecule has 2 aliphatic carbocycles. The third-order valence-electron chi connectivity index (χ3n) is 3.69. The molecule has 1 aromatic carbocycles. The molecular formula is C13H14O2. The van der Waals surface area contributed by atoms with Gasteiger partial charge in [-0.05, 0) is 30.9 Å². The molecule has 0 heterocycles. The maximum Gasteiger partial charge on any atom is 0.313 e. The molecule has 0 aliphatic heterocycles. The van der Waals surface area contributed by atoms with Gasteiger partial charge in [-0.3, -0.25) is 4.79 Å². The van der Waals surface area contributed by atoms with Crippen LogP contribution in [0.15, 0.2) is 24.3 Å². The second-order valence-electron chi connectivity index (χ2n) is 4.51. The van der Waals surface area contributed by atoms with Crippen LogP contribution >= 0.6 is 0 Å². The van der Waals surface area contributed by atoms with Gasteiger partial charge in [0.05, 0.1) is 12.0 Å². The summed E-state index contributed by atoms with van der Waals surface area (Å²) in [5.74, 6) is 0.443. The van der Waals surface area contributed by atoms with Crippen molar-refractivity contribution in [2.24, 2.45) is 5.41 Å². The highest BCUT2D eigenvalue weighted by Crippen LogP contribution is 2.67. The smallest absolute Gasteiger partial charge is 0.313 e. The molecular weight excluding hydrogens is 188 g/mol. The number of carbonyl (C=O) groups excluding carboxylic acids is 1. The minimum Gasteiger partial charge on any atom is -0.466 e. The molecule has 0 bridgehead atoms. The summed E-state index contributed by atoms with van der Waals surface area (Å²) in [5, 5.41) is 0. The zero-order chi connectivity index (χ0) is 10.5. The Morgan fingerprint density at radius 2 is 2.33 bits per heavy atom. The van der Waals surface area contributed by atoms with E-state index in [4.69, 9.17) is 4.74 Å². The molecule has 2 heteroatoms. The van der Waals surface area contributed by atoms with Gasteiger partial charge < -0.3 is 4.74 Å². The number of carbonyl (C=O) groups is 1. The molecule has 0 saturated heterocycles. The summed E-state index contributed by atoms with van der Waals surface area (Å²) >= 11 is 0. The summed E-state index contributed by atoms with van der Waals surface area (Å²) in [6.07, 6.45) is 1.87. The number of fused-ring (bicyclic) bond motifs is 3. The predicted molar refractivity (Wildman–Crippen MR) is 56.6 cm³/mol. The van der Waals surface area contributed by atoms with Crippen LogP contribution in [0.25, 0.3) is 0 Å². The fourth-order valence-corrected chi connectivity index (χ4v) is 2.86. The minimum atomic E-state index is -0.181. The van der Waals surface area contributed by atoms with Gasteiger partial charge in [0.2, 0.25) is 0 Å². The molecule has 2 aliphatic rings. The second kappa shape index (κ2) is 2.84. The molecule has 78 valence electrons. The predicted octanol–water partition coefficient (Wildman–Crippen LogP) is 2.28. The lowest BCUT2D eigenvalue weighted by Crippen LogP contribution is -2.20. The first kappa shape index (κ1) is 8.96.